The van der Waals surface area contributed by atoms with Crippen molar-refractivity contribution >= 4 is 11.6 Å². The molecule has 226 valence electrons. The molecule has 1 aromatic rings. The third-order valence-electron chi connectivity index (χ3n) is 12.9. The molecule has 0 unspecified atom stereocenters. The first-order valence-corrected chi connectivity index (χ1v) is 15.1. The number of Topliss-reactive ketones (excluding diaryl/α,β-unsaturated/α-hetero) is 1. The van der Waals surface area contributed by atoms with Crippen LogP contribution < -0.4 is 0 Å². The molecule has 0 aliphatic heterocycles. The van der Waals surface area contributed by atoms with Crippen LogP contribution in [0.4, 0.5) is 13.2 Å². The molecule has 3 fully saturated rings. The minimum atomic E-state index is -4.73. The van der Waals surface area contributed by atoms with E-state index in [1.54, 1.807) is 6.08 Å². The molecule has 0 N–H and O–H groups in total. The number of alkyl halides is 3. The van der Waals surface area contributed by atoms with Crippen molar-refractivity contribution in [2.75, 3.05) is 0 Å². The lowest BCUT2D eigenvalue weighted by atomic mass is 9.34. The van der Waals surface area contributed by atoms with E-state index in [2.05, 4.69) is 49.7 Å². The van der Waals surface area contributed by atoms with E-state index in [0.717, 1.165) is 24.8 Å². The average molecular weight is 584 g/mol. The molecule has 6 rings (SSSR count). The maximum atomic E-state index is 14.6. The number of fused-ring (bicyclic) bond motifs is 7. The lowest BCUT2D eigenvalue weighted by Crippen LogP contribution is -2.65. The summed E-state index contributed by atoms with van der Waals surface area (Å²) in [5, 5.41) is 7.38. The van der Waals surface area contributed by atoms with Gasteiger partial charge in [-0.1, -0.05) is 60.1 Å². The highest BCUT2D eigenvalue weighted by Crippen LogP contribution is 2.74. The van der Waals surface area contributed by atoms with E-state index in [4.69, 9.17) is 11.0 Å². The predicted octanol–water partition coefficient (Wildman–Crippen LogP) is 7.91. The minimum absolute atomic E-state index is 0.0120. The number of nitrogens with zero attached hydrogens (tertiary/aromatic N) is 3. The Morgan fingerprint density at radius 3 is 2.26 bits per heavy atom. The van der Waals surface area contributed by atoms with E-state index in [-0.39, 0.29) is 40.4 Å². The van der Waals surface area contributed by atoms with Gasteiger partial charge in [0.1, 0.15) is 0 Å². The summed E-state index contributed by atoms with van der Waals surface area (Å²) in [7, 11) is 0. The summed E-state index contributed by atoms with van der Waals surface area (Å²) in [5.74, 6) is -2.21. The number of hydrogen-bond acceptors (Lipinski definition) is 5. The SMILES string of the molecule is [C-]#[N+]C1=C[C@]2(C)C3=CC(=O)[C@@H]4[C@@H]5CC(C)(C)CC[C@]5(c5nnc(C(F)(F)F)o5)CC[C@@]4(C)[C@]3(C)CC[C@H]2C(C)(C)C1=O. The largest absolute Gasteiger partial charge is 0.470 e. The Morgan fingerprint density at radius 2 is 1.64 bits per heavy atom. The van der Waals surface area contributed by atoms with Crippen LogP contribution in [-0.2, 0) is 21.2 Å². The van der Waals surface area contributed by atoms with E-state index in [1.165, 1.54) is 0 Å². The van der Waals surface area contributed by atoms with Crippen molar-refractivity contribution in [3.8, 4) is 0 Å². The van der Waals surface area contributed by atoms with Crippen LogP contribution in [0.5, 0.6) is 0 Å². The van der Waals surface area contributed by atoms with E-state index < -0.39 is 45.1 Å². The molecule has 0 saturated heterocycles. The van der Waals surface area contributed by atoms with E-state index in [0.29, 0.717) is 25.7 Å². The zero-order valence-corrected chi connectivity index (χ0v) is 25.5. The van der Waals surface area contributed by atoms with Crippen molar-refractivity contribution in [1.82, 2.24) is 10.2 Å². The van der Waals surface area contributed by atoms with Gasteiger partial charge >= 0.3 is 12.1 Å². The van der Waals surface area contributed by atoms with Crippen LogP contribution in [0, 0.1) is 51.4 Å². The second kappa shape index (κ2) is 8.45. The van der Waals surface area contributed by atoms with E-state index in [1.807, 2.05) is 19.9 Å². The van der Waals surface area contributed by atoms with Crippen molar-refractivity contribution in [2.45, 2.75) is 105 Å². The Labute approximate surface area is 245 Å². The maximum absolute atomic E-state index is 14.6. The summed E-state index contributed by atoms with van der Waals surface area (Å²) in [4.78, 5) is 31.4. The molecule has 1 heterocycles. The highest BCUT2D eigenvalue weighted by molar-refractivity contribution is 6.03. The smallest absolute Gasteiger partial charge is 0.417 e. The number of halogens is 3. The van der Waals surface area contributed by atoms with Crippen LogP contribution in [0.25, 0.3) is 4.85 Å². The fraction of sp³-hybridized carbons (Fsp3) is 0.727. The normalized spacial score (nSPS) is 42.3. The number of aromatic nitrogens is 2. The van der Waals surface area contributed by atoms with Crippen molar-refractivity contribution in [1.29, 1.82) is 0 Å². The molecule has 6 nitrogen and oxygen atoms in total. The molecule has 0 radical (unpaired) electrons. The van der Waals surface area contributed by atoms with Crippen molar-refractivity contribution < 1.29 is 27.2 Å². The van der Waals surface area contributed by atoms with Gasteiger partial charge in [0.15, 0.2) is 11.6 Å². The zero-order valence-electron chi connectivity index (χ0n) is 25.5. The predicted molar refractivity (Wildman–Crippen MR) is 148 cm³/mol. The number of ketones is 2. The second-order valence-corrected chi connectivity index (χ2v) is 15.8. The summed E-state index contributed by atoms with van der Waals surface area (Å²) in [6.45, 7) is 22.4. The molecule has 7 atom stereocenters. The molecule has 5 aliphatic carbocycles. The molecule has 3 saturated carbocycles. The molecular weight excluding hydrogens is 543 g/mol. The maximum Gasteiger partial charge on any atom is 0.470 e. The summed E-state index contributed by atoms with van der Waals surface area (Å²) >= 11 is 0. The van der Waals surface area contributed by atoms with Crippen LogP contribution in [-0.4, -0.2) is 21.8 Å². The Morgan fingerprint density at radius 1 is 0.976 bits per heavy atom. The Bertz CT molecular complexity index is 1500. The third-order valence-corrected chi connectivity index (χ3v) is 12.9. The summed E-state index contributed by atoms with van der Waals surface area (Å²) < 4.78 is 46.0. The van der Waals surface area contributed by atoms with Gasteiger partial charge in [-0.3, -0.25) is 4.79 Å². The van der Waals surface area contributed by atoms with Gasteiger partial charge < -0.3 is 9.21 Å². The molecule has 0 amide bonds. The van der Waals surface area contributed by atoms with Crippen LogP contribution in [0.3, 0.4) is 0 Å². The van der Waals surface area contributed by atoms with Gasteiger partial charge in [0, 0.05) is 16.7 Å². The fourth-order valence-electron chi connectivity index (χ4n) is 10.5. The van der Waals surface area contributed by atoms with Crippen LogP contribution >= 0.6 is 0 Å². The first-order chi connectivity index (χ1) is 19.3. The molecule has 1 aromatic heterocycles. The Balaban J connectivity index is 1.52. The van der Waals surface area contributed by atoms with Crippen LogP contribution in [0.15, 0.2) is 27.8 Å². The molecule has 0 aromatic carbocycles. The Kier molecular flexibility index (Phi) is 5.90. The van der Waals surface area contributed by atoms with Gasteiger partial charge in [-0.25, -0.2) is 4.85 Å². The highest BCUT2D eigenvalue weighted by Gasteiger charge is 2.70. The molecule has 5 aliphatic rings. The molecular formula is C33H40F3N3O3. The number of allylic oxidation sites excluding steroid dienone is 4. The number of carbonyl (C=O) groups is 2. The molecule has 42 heavy (non-hydrogen) atoms. The number of hydrogen-bond donors (Lipinski definition) is 0. The van der Waals surface area contributed by atoms with E-state index in [9.17, 15) is 22.8 Å². The lowest BCUT2D eigenvalue weighted by molar-refractivity contribution is -0.166. The first-order valence-electron chi connectivity index (χ1n) is 15.1. The average Bonchev–Trinajstić information content (AvgIpc) is 3.39. The summed E-state index contributed by atoms with van der Waals surface area (Å²) in [5.41, 5.74) is -2.03. The Hall–Kier alpha value is -2.76. The second-order valence-electron chi connectivity index (χ2n) is 15.8. The first kappa shape index (κ1) is 29.3. The van der Waals surface area contributed by atoms with Gasteiger partial charge in [-0.05, 0) is 79.1 Å². The molecule has 9 heteroatoms. The fourth-order valence-corrected chi connectivity index (χ4v) is 10.5. The van der Waals surface area contributed by atoms with Gasteiger partial charge in [0.2, 0.25) is 11.6 Å². The highest BCUT2D eigenvalue weighted by atomic mass is 19.4. The van der Waals surface area contributed by atoms with E-state index >= 15 is 0 Å². The van der Waals surface area contributed by atoms with Gasteiger partial charge in [-0.2, -0.15) is 13.2 Å². The zero-order chi connectivity index (χ0) is 30.9. The molecule has 0 bridgehead atoms. The minimum Gasteiger partial charge on any atom is -0.417 e. The van der Waals surface area contributed by atoms with Crippen molar-refractivity contribution in [3.05, 3.63) is 46.6 Å². The summed E-state index contributed by atoms with van der Waals surface area (Å²) in [6, 6.07) is 0. The van der Waals surface area contributed by atoms with Crippen molar-refractivity contribution in [3.63, 3.8) is 0 Å². The van der Waals surface area contributed by atoms with Crippen molar-refractivity contribution in [2.24, 2.45) is 44.8 Å². The van der Waals surface area contributed by atoms with Crippen LogP contribution in [0.2, 0.25) is 0 Å². The van der Waals surface area contributed by atoms with Crippen LogP contribution in [0.1, 0.15) is 105 Å². The topological polar surface area (TPSA) is 77.4 Å². The number of rotatable bonds is 1. The summed E-state index contributed by atoms with van der Waals surface area (Å²) in [6.07, 6.45) is 3.69. The third kappa shape index (κ3) is 3.56. The number of carbonyl (C=O) groups excluding carboxylic acids is 2. The quantitative estimate of drug-likeness (QED) is 0.314. The lowest BCUT2D eigenvalue weighted by Gasteiger charge is -2.69. The molecule has 0 spiro atoms. The van der Waals surface area contributed by atoms with Gasteiger partial charge in [-0.15, -0.1) is 10.2 Å². The van der Waals surface area contributed by atoms with Gasteiger partial charge in [0.25, 0.3) is 0 Å². The monoisotopic (exact) mass is 583 g/mol. The standard InChI is InChI=1S/C33H40F3N3O3/c1-27(2)11-13-32(25-38-39-26(42-25)33(34,35)36)14-12-31(7)23(18(32)16-27)20(40)15-22-29(5)17-19(37-8)24(41)28(3,4)21(29)9-10-30(22,31)6/h15,17-18,21,23H,9-14,16H2,1-7H3/t18-,21-,23-,29-,30+,31+,32-/m0/s1. The van der Waals surface area contributed by atoms with Gasteiger partial charge in [0.05, 0.1) is 12.0 Å².